The van der Waals surface area contributed by atoms with E-state index in [2.05, 4.69) is 9.97 Å². The van der Waals surface area contributed by atoms with E-state index in [0.29, 0.717) is 0 Å². The summed E-state index contributed by atoms with van der Waals surface area (Å²) in [6.07, 6.45) is 2.71. The van der Waals surface area contributed by atoms with Gasteiger partial charge in [0, 0.05) is 0 Å². The lowest BCUT2D eigenvalue weighted by Gasteiger charge is -2.08. The Hall–Kier alpha value is 0.240. The first kappa shape index (κ1) is 9.33. The molecule has 0 bridgehead atoms. The van der Waals surface area contributed by atoms with E-state index in [4.69, 9.17) is 46.4 Å². The summed E-state index contributed by atoms with van der Waals surface area (Å²) in [5, 5.41) is 0.203. The van der Waals surface area contributed by atoms with Crippen LogP contribution in [-0.2, 0) is 3.79 Å². The van der Waals surface area contributed by atoms with Crippen LogP contribution in [0.5, 0.6) is 0 Å². The molecule has 1 aromatic heterocycles. The summed E-state index contributed by atoms with van der Waals surface area (Å²) in [7, 11) is 0. The van der Waals surface area contributed by atoms with Crippen molar-refractivity contribution in [3.8, 4) is 0 Å². The molecule has 1 heterocycles. The van der Waals surface area contributed by atoms with Crippen molar-refractivity contribution in [3.63, 3.8) is 0 Å². The maximum absolute atomic E-state index is 5.50. The highest BCUT2D eigenvalue weighted by molar-refractivity contribution is 6.66. The van der Waals surface area contributed by atoms with Gasteiger partial charge in [0.05, 0.1) is 12.4 Å². The minimum absolute atomic E-state index is 0.203. The number of alkyl halides is 3. The van der Waals surface area contributed by atoms with Crippen molar-refractivity contribution in [2.75, 3.05) is 0 Å². The van der Waals surface area contributed by atoms with Crippen LogP contribution in [0.4, 0.5) is 0 Å². The molecule has 0 atom stereocenters. The molecule has 0 aromatic carbocycles. The van der Waals surface area contributed by atoms with Gasteiger partial charge in [-0.3, -0.25) is 4.98 Å². The molecule has 0 aliphatic heterocycles. The maximum Gasteiger partial charge on any atom is 0.234 e. The third-order valence-corrected chi connectivity index (χ3v) is 1.66. The van der Waals surface area contributed by atoms with Crippen LogP contribution in [-0.4, -0.2) is 9.97 Å². The van der Waals surface area contributed by atoms with Gasteiger partial charge in [-0.15, -0.1) is 0 Å². The summed E-state index contributed by atoms with van der Waals surface area (Å²) in [4.78, 5) is 7.45. The number of nitrogens with zero attached hydrogens (tertiary/aromatic N) is 2. The van der Waals surface area contributed by atoms with E-state index < -0.39 is 3.79 Å². The lowest BCUT2D eigenvalue weighted by molar-refractivity contribution is 1.04. The predicted octanol–water partition coefficient (Wildman–Crippen LogP) is 2.96. The number of rotatable bonds is 0. The topological polar surface area (TPSA) is 25.8 Å². The van der Waals surface area contributed by atoms with Gasteiger partial charge < -0.3 is 0 Å². The second-order valence-corrected chi connectivity index (χ2v) is 4.39. The van der Waals surface area contributed by atoms with Crippen LogP contribution in [0.3, 0.4) is 0 Å². The zero-order chi connectivity index (χ0) is 8.48. The second kappa shape index (κ2) is 3.31. The van der Waals surface area contributed by atoms with Crippen molar-refractivity contribution in [1.82, 2.24) is 9.97 Å². The molecule has 0 saturated heterocycles. The van der Waals surface area contributed by atoms with Crippen LogP contribution in [0, 0.1) is 0 Å². The fourth-order valence-corrected chi connectivity index (χ4v) is 0.899. The molecule has 0 saturated carbocycles. The molecule has 0 fully saturated rings. The highest BCUT2D eigenvalue weighted by atomic mass is 35.6. The SMILES string of the molecule is Clc1cncc(C(Cl)(Cl)Cl)n1. The van der Waals surface area contributed by atoms with E-state index in [1.54, 1.807) is 0 Å². The van der Waals surface area contributed by atoms with Gasteiger partial charge in [-0.25, -0.2) is 4.98 Å². The molecule has 0 aliphatic rings. The Labute approximate surface area is 83.4 Å². The molecule has 0 amide bonds. The first-order valence-corrected chi connectivity index (χ1v) is 4.06. The van der Waals surface area contributed by atoms with Crippen molar-refractivity contribution >= 4 is 46.4 Å². The highest BCUT2D eigenvalue weighted by Gasteiger charge is 2.24. The van der Waals surface area contributed by atoms with E-state index >= 15 is 0 Å². The minimum Gasteiger partial charge on any atom is -0.259 e. The Kier molecular flexibility index (Phi) is 2.81. The molecule has 2 nitrogen and oxygen atoms in total. The first-order chi connectivity index (χ1) is 5.00. The quantitative estimate of drug-likeness (QED) is 0.642. The molecule has 0 unspecified atom stereocenters. The Balaban J connectivity index is 3.06. The van der Waals surface area contributed by atoms with E-state index in [1.807, 2.05) is 0 Å². The van der Waals surface area contributed by atoms with Crippen molar-refractivity contribution in [2.24, 2.45) is 0 Å². The normalized spacial score (nSPS) is 11.6. The van der Waals surface area contributed by atoms with Crippen LogP contribution >= 0.6 is 46.4 Å². The molecule has 0 aliphatic carbocycles. The third-order valence-electron chi connectivity index (χ3n) is 0.896. The smallest absolute Gasteiger partial charge is 0.234 e. The molecule has 11 heavy (non-hydrogen) atoms. The Bertz CT molecular complexity index is 257. The Morgan fingerprint density at radius 3 is 2.18 bits per heavy atom. The van der Waals surface area contributed by atoms with Gasteiger partial charge in [-0.1, -0.05) is 46.4 Å². The van der Waals surface area contributed by atoms with Gasteiger partial charge >= 0.3 is 0 Å². The van der Waals surface area contributed by atoms with E-state index in [-0.39, 0.29) is 10.8 Å². The van der Waals surface area contributed by atoms with Gasteiger partial charge in [-0.2, -0.15) is 0 Å². The van der Waals surface area contributed by atoms with Gasteiger partial charge in [0.15, 0.2) is 0 Å². The summed E-state index contributed by atoms with van der Waals surface area (Å²) in [6, 6.07) is 0. The molecule has 60 valence electrons. The number of halogens is 4. The average Bonchev–Trinajstić information content (AvgIpc) is 1.86. The van der Waals surface area contributed by atoms with Gasteiger partial charge in [0.1, 0.15) is 10.8 Å². The van der Waals surface area contributed by atoms with Gasteiger partial charge in [0.25, 0.3) is 0 Å². The molecular weight excluding hydrogens is 230 g/mol. The van der Waals surface area contributed by atoms with Crippen LogP contribution in [0.15, 0.2) is 12.4 Å². The van der Waals surface area contributed by atoms with Gasteiger partial charge in [-0.05, 0) is 0 Å². The fraction of sp³-hybridized carbons (Fsp3) is 0.200. The maximum atomic E-state index is 5.50. The summed E-state index contributed by atoms with van der Waals surface area (Å²) in [6.45, 7) is 0. The van der Waals surface area contributed by atoms with Crippen molar-refractivity contribution in [2.45, 2.75) is 3.79 Å². The zero-order valence-electron chi connectivity index (χ0n) is 5.06. The van der Waals surface area contributed by atoms with Crippen LogP contribution in [0.1, 0.15) is 5.69 Å². The van der Waals surface area contributed by atoms with E-state index in [9.17, 15) is 0 Å². The molecule has 0 radical (unpaired) electrons. The lowest BCUT2D eigenvalue weighted by Crippen LogP contribution is -2.03. The number of hydrogen-bond donors (Lipinski definition) is 0. The molecular formula is C5H2Cl4N2. The van der Waals surface area contributed by atoms with Gasteiger partial charge in [0.2, 0.25) is 3.79 Å². The monoisotopic (exact) mass is 230 g/mol. The minimum atomic E-state index is -1.56. The third kappa shape index (κ3) is 2.64. The Morgan fingerprint density at radius 1 is 1.18 bits per heavy atom. The number of aromatic nitrogens is 2. The number of hydrogen-bond acceptors (Lipinski definition) is 2. The molecule has 1 aromatic rings. The molecule has 0 spiro atoms. The summed E-state index contributed by atoms with van der Waals surface area (Å²) >= 11 is 22.0. The second-order valence-electron chi connectivity index (χ2n) is 1.72. The van der Waals surface area contributed by atoms with Crippen LogP contribution in [0.25, 0.3) is 0 Å². The highest BCUT2D eigenvalue weighted by Crippen LogP contribution is 2.36. The van der Waals surface area contributed by atoms with E-state index in [1.165, 1.54) is 12.4 Å². The zero-order valence-corrected chi connectivity index (χ0v) is 8.08. The molecule has 6 heteroatoms. The van der Waals surface area contributed by atoms with Crippen molar-refractivity contribution in [3.05, 3.63) is 23.2 Å². The van der Waals surface area contributed by atoms with Crippen LogP contribution in [0.2, 0.25) is 5.15 Å². The fourth-order valence-electron chi connectivity index (χ4n) is 0.479. The standard InChI is InChI=1S/C5H2Cl4N2/c6-4-2-10-1-3(11-4)5(7,8)9/h1-2H. The lowest BCUT2D eigenvalue weighted by atomic mass is 10.5. The van der Waals surface area contributed by atoms with E-state index in [0.717, 1.165) is 0 Å². The summed E-state index contributed by atoms with van der Waals surface area (Å²) < 4.78 is -1.56. The van der Waals surface area contributed by atoms with Crippen molar-refractivity contribution in [1.29, 1.82) is 0 Å². The average molecular weight is 232 g/mol. The molecule has 0 N–H and O–H groups in total. The largest absolute Gasteiger partial charge is 0.259 e. The molecule has 1 rings (SSSR count). The predicted molar refractivity (Wildman–Crippen MR) is 46.3 cm³/mol. The van der Waals surface area contributed by atoms with Crippen LogP contribution < -0.4 is 0 Å². The first-order valence-electron chi connectivity index (χ1n) is 2.55. The summed E-state index contributed by atoms with van der Waals surface area (Å²) in [5.41, 5.74) is 0.218. The Morgan fingerprint density at radius 2 is 1.82 bits per heavy atom. The summed E-state index contributed by atoms with van der Waals surface area (Å²) in [5.74, 6) is 0. The van der Waals surface area contributed by atoms with Crippen molar-refractivity contribution < 1.29 is 0 Å².